The zero-order valence-corrected chi connectivity index (χ0v) is 9.80. The van der Waals surface area contributed by atoms with Gasteiger partial charge in [-0.15, -0.1) is 0 Å². The zero-order chi connectivity index (χ0) is 13.1. The summed E-state index contributed by atoms with van der Waals surface area (Å²) in [4.78, 5) is 11.1. The average molecular weight is 247 g/mol. The largest absolute Gasteiger partial charge is 0.478 e. The van der Waals surface area contributed by atoms with Gasteiger partial charge in [0.2, 0.25) is 0 Å². The maximum absolute atomic E-state index is 11.1. The van der Waals surface area contributed by atoms with E-state index in [1.54, 1.807) is 25.1 Å². The number of carbonyl (C=O) groups is 1. The third-order valence-electron chi connectivity index (χ3n) is 2.45. The molecular formula is C12H13N3O3. The van der Waals surface area contributed by atoms with Crippen molar-refractivity contribution in [2.24, 2.45) is 0 Å². The molecule has 2 rings (SSSR count). The second kappa shape index (κ2) is 4.79. The molecule has 94 valence electrons. The lowest BCUT2D eigenvalue weighted by molar-refractivity contribution is 0.0698. The Hall–Kier alpha value is -2.50. The van der Waals surface area contributed by atoms with Crippen LogP contribution in [-0.4, -0.2) is 16.2 Å². The van der Waals surface area contributed by atoms with Crippen LogP contribution in [0.3, 0.4) is 0 Å². The molecule has 0 saturated carbocycles. The highest BCUT2D eigenvalue weighted by molar-refractivity contribution is 5.97. The number of aryl methyl sites for hydroxylation is 1. The van der Waals surface area contributed by atoms with Crippen LogP contribution in [0.25, 0.3) is 0 Å². The molecule has 4 N–H and O–H groups in total. The highest BCUT2D eigenvalue weighted by atomic mass is 16.5. The van der Waals surface area contributed by atoms with E-state index in [1.165, 1.54) is 6.07 Å². The molecule has 0 unspecified atom stereocenters. The molecule has 0 saturated heterocycles. The van der Waals surface area contributed by atoms with Crippen molar-refractivity contribution >= 4 is 17.3 Å². The first-order valence-corrected chi connectivity index (χ1v) is 5.36. The van der Waals surface area contributed by atoms with Crippen molar-refractivity contribution in [3.8, 4) is 0 Å². The molecular weight excluding hydrogens is 234 g/mol. The molecule has 0 atom stereocenters. The number of aromatic nitrogens is 1. The number of para-hydroxylation sites is 1. The Labute approximate surface area is 103 Å². The third-order valence-corrected chi connectivity index (χ3v) is 2.45. The standard InChI is InChI=1S/C12H13N3O3/c1-7-5-8(15-18-7)6-14-11-9(12(16)17)3-2-4-10(11)13/h2-5,14H,6,13H2,1H3,(H,16,17). The molecule has 1 aromatic carbocycles. The van der Waals surface area contributed by atoms with Crippen molar-refractivity contribution in [2.75, 3.05) is 11.1 Å². The molecule has 0 spiro atoms. The molecule has 0 amide bonds. The van der Waals surface area contributed by atoms with Crippen LogP contribution < -0.4 is 11.1 Å². The molecule has 2 aromatic rings. The average Bonchev–Trinajstić information content (AvgIpc) is 2.73. The monoisotopic (exact) mass is 247 g/mol. The van der Waals surface area contributed by atoms with Gasteiger partial charge in [-0.05, 0) is 19.1 Å². The fraction of sp³-hybridized carbons (Fsp3) is 0.167. The number of carboxylic acid groups (broad SMARTS) is 1. The van der Waals surface area contributed by atoms with Gasteiger partial charge in [-0.25, -0.2) is 4.79 Å². The maximum Gasteiger partial charge on any atom is 0.337 e. The Balaban J connectivity index is 2.20. The van der Waals surface area contributed by atoms with Gasteiger partial charge in [-0.1, -0.05) is 11.2 Å². The number of benzene rings is 1. The number of nitrogens with one attached hydrogen (secondary N) is 1. The molecule has 0 aliphatic heterocycles. The van der Waals surface area contributed by atoms with Gasteiger partial charge in [-0.2, -0.15) is 0 Å². The lowest BCUT2D eigenvalue weighted by Gasteiger charge is -2.10. The molecule has 0 radical (unpaired) electrons. The minimum atomic E-state index is -1.03. The van der Waals surface area contributed by atoms with E-state index < -0.39 is 5.97 Å². The van der Waals surface area contributed by atoms with Crippen LogP contribution in [0.2, 0.25) is 0 Å². The topological polar surface area (TPSA) is 101 Å². The molecule has 0 aliphatic carbocycles. The Morgan fingerprint density at radius 2 is 2.33 bits per heavy atom. The van der Waals surface area contributed by atoms with Gasteiger partial charge in [0, 0.05) is 6.07 Å². The number of hydrogen-bond donors (Lipinski definition) is 3. The molecule has 18 heavy (non-hydrogen) atoms. The Kier molecular flexibility index (Phi) is 3.18. The van der Waals surface area contributed by atoms with Crippen molar-refractivity contribution in [2.45, 2.75) is 13.5 Å². The minimum absolute atomic E-state index is 0.134. The molecule has 1 aromatic heterocycles. The van der Waals surface area contributed by atoms with E-state index in [1.807, 2.05) is 0 Å². The summed E-state index contributed by atoms with van der Waals surface area (Å²) in [5.74, 6) is -0.326. The second-order valence-corrected chi connectivity index (χ2v) is 3.86. The highest BCUT2D eigenvalue weighted by Crippen LogP contribution is 2.24. The zero-order valence-electron chi connectivity index (χ0n) is 9.80. The number of nitrogens with zero attached hydrogens (tertiary/aromatic N) is 1. The summed E-state index contributed by atoms with van der Waals surface area (Å²) in [5, 5.41) is 15.8. The SMILES string of the molecule is Cc1cc(CNc2c(N)cccc2C(=O)O)no1. The Morgan fingerprint density at radius 1 is 1.56 bits per heavy atom. The van der Waals surface area contributed by atoms with Crippen LogP contribution >= 0.6 is 0 Å². The fourth-order valence-corrected chi connectivity index (χ4v) is 1.63. The van der Waals surface area contributed by atoms with Crippen LogP contribution in [0.4, 0.5) is 11.4 Å². The van der Waals surface area contributed by atoms with Crippen molar-refractivity contribution in [3.05, 3.63) is 41.3 Å². The first-order chi connectivity index (χ1) is 8.58. The van der Waals surface area contributed by atoms with E-state index >= 15 is 0 Å². The number of carboxylic acids is 1. The van der Waals surface area contributed by atoms with E-state index in [0.717, 1.165) is 0 Å². The first kappa shape index (κ1) is 12.0. The van der Waals surface area contributed by atoms with E-state index in [9.17, 15) is 4.79 Å². The van der Waals surface area contributed by atoms with Crippen molar-refractivity contribution in [1.82, 2.24) is 5.16 Å². The predicted molar refractivity (Wildman–Crippen MR) is 66.4 cm³/mol. The van der Waals surface area contributed by atoms with Gasteiger partial charge in [0.25, 0.3) is 0 Å². The summed E-state index contributed by atoms with van der Waals surface area (Å²) >= 11 is 0. The number of anilines is 2. The van der Waals surface area contributed by atoms with E-state index in [-0.39, 0.29) is 5.56 Å². The van der Waals surface area contributed by atoms with Gasteiger partial charge < -0.3 is 20.7 Å². The lowest BCUT2D eigenvalue weighted by atomic mass is 10.1. The second-order valence-electron chi connectivity index (χ2n) is 3.86. The number of hydrogen-bond acceptors (Lipinski definition) is 5. The van der Waals surface area contributed by atoms with Crippen LogP contribution in [0.1, 0.15) is 21.8 Å². The van der Waals surface area contributed by atoms with Gasteiger partial charge >= 0.3 is 5.97 Å². The fourth-order valence-electron chi connectivity index (χ4n) is 1.63. The Bertz CT molecular complexity index is 578. The van der Waals surface area contributed by atoms with Crippen LogP contribution in [0.15, 0.2) is 28.8 Å². The van der Waals surface area contributed by atoms with Gasteiger partial charge in [0.05, 0.1) is 23.5 Å². The highest BCUT2D eigenvalue weighted by Gasteiger charge is 2.12. The van der Waals surface area contributed by atoms with Crippen LogP contribution in [-0.2, 0) is 6.54 Å². The number of aromatic carboxylic acids is 1. The maximum atomic E-state index is 11.1. The molecule has 6 nitrogen and oxygen atoms in total. The third kappa shape index (κ3) is 2.42. The normalized spacial score (nSPS) is 10.3. The van der Waals surface area contributed by atoms with Crippen molar-refractivity contribution in [3.63, 3.8) is 0 Å². The van der Waals surface area contributed by atoms with Gasteiger partial charge in [-0.3, -0.25) is 0 Å². The Morgan fingerprint density at radius 3 is 2.94 bits per heavy atom. The van der Waals surface area contributed by atoms with Crippen LogP contribution in [0, 0.1) is 6.92 Å². The summed E-state index contributed by atoms with van der Waals surface area (Å²) in [6.45, 7) is 2.14. The van der Waals surface area contributed by atoms with E-state index in [0.29, 0.717) is 29.4 Å². The van der Waals surface area contributed by atoms with E-state index in [4.69, 9.17) is 15.4 Å². The summed E-state index contributed by atoms with van der Waals surface area (Å²) in [7, 11) is 0. The smallest absolute Gasteiger partial charge is 0.337 e. The predicted octanol–water partition coefficient (Wildman–Crippen LogP) is 1.88. The molecule has 6 heteroatoms. The summed E-state index contributed by atoms with van der Waals surface area (Å²) in [5.41, 5.74) is 7.36. The summed E-state index contributed by atoms with van der Waals surface area (Å²) in [6, 6.07) is 6.51. The van der Waals surface area contributed by atoms with Crippen molar-refractivity contribution < 1.29 is 14.4 Å². The molecule has 0 fully saturated rings. The van der Waals surface area contributed by atoms with Gasteiger partial charge in [0.1, 0.15) is 11.5 Å². The number of nitrogens with two attached hydrogens (primary N) is 1. The van der Waals surface area contributed by atoms with Gasteiger partial charge in [0.15, 0.2) is 0 Å². The summed E-state index contributed by atoms with van der Waals surface area (Å²) in [6.07, 6.45) is 0. The minimum Gasteiger partial charge on any atom is -0.478 e. The molecule has 1 heterocycles. The molecule has 0 aliphatic rings. The van der Waals surface area contributed by atoms with E-state index in [2.05, 4.69) is 10.5 Å². The van der Waals surface area contributed by atoms with Crippen LogP contribution in [0.5, 0.6) is 0 Å². The first-order valence-electron chi connectivity index (χ1n) is 5.36. The lowest BCUT2D eigenvalue weighted by Crippen LogP contribution is -2.09. The number of nitrogen functional groups attached to an aromatic ring is 1. The quantitative estimate of drug-likeness (QED) is 0.713. The summed E-state index contributed by atoms with van der Waals surface area (Å²) < 4.78 is 4.92. The number of rotatable bonds is 4. The molecule has 0 bridgehead atoms. The van der Waals surface area contributed by atoms with Crippen molar-refractivity contribution in [1.29, 1.82) is 0 Å².